The van der Waals surface area contributed by atoms with E-state index in [9.17, 15) is 40.9 Å². The number of hydrogen-bond acceptors (Lipinski definition) is 8. The molecule has 0 saturated heterocycles. The van der Waals surface area contributed by atoms with E-state index in [4.69, 9.17) is 0 Å². The highest BCUT2D eigenvalue weighted by atomic mass is 16.3. The third-order valence-electron chi connectivity index (χ3n) is 43.4. The molecule has 8 nitrogen and oxygen atoms in total. The Bertz CT molecular complexity index is 4610. The van der Waals surface area contributed by atoms with Crippen molar-refractivity contribution < 1.29 is 40.9 Å². The summed E-state index contributed by atoms with van der Waals surface area (Å²) in [4.78, 5) is 0. The van der Waals surface area contributed by atoms with E-state index in [0.717, 1.165) is 294 Å². The summed E-state index contributed by atoms with van der Waals surface area (Å²) in [6.07, 6.45) is 35.6. The van der Waals surface area contributed by atoms with Crippen LogP contribution in [0.1, 0.15) is 505 Å². The van der Waals surface area contributed by atoms with Gasteiger partial charge in [-0.15, -0.1) is 0 Å². The van der Waals surface area contributed by atoms with Gasteiger partial charge in [0.2, 0.25) is 0 Å². The molecule has 0 heterocycles. The lowest BCUT2D eigenvalue weighted by Crippen LogP contribution is -2.31. The van der Waals surface area contributed by atoms with E-state index in [1.54, 1.807) is 0 Å². The van der Waals surface area contributed by atoms with Crippen molar-refractivity contribution >= 4 is 0 Å². The molecular formula is C136H192O8. The van der Waals surface area contributed by atoms with Crippen LogP contribution in [0.15, 0.2) is 97.1 Å². The largest absolute Gasteiger partial charge is 0.507 e. The van der Waals surface area contributed by atoms with Crippen LogP contribution in [-0.4, -0.2) is 40.9 Å². The second kappa shape index (κ2) is 42.2. The molecule has 0 unspecified atom stereocenters. The Labute approximate surface area is 872 Å². The molecule has 0 amide bonds. The number of phenolic OH excluding ortho intramolecular Hbond substituents is 8. The number of fused-ring (bicyclic) bond motifs is 16. The zero-order valence-corrected chi connectivity index (χ0v) is 94.3. The van der Waals surface area contributed by atoms with Crippen molar-refractivity contribution in [3.05, 3.63) is 231 Å². The zero-order valence-electron chi connectivity index (χ0n) is 94.3. The fourth-order valence-corrected chi connectivity index (χ4v) is 30.5. The van der Waals surface area contributed by atoms with Gasteiger partial charge in [-0.1, -0.05) is 263 Å². The van der Waals surface area contributed by atoms with Crippen LogP contribution in [0.4, 0.5) is 0 Å². The lowest BCUT2D eigenvalue weighted by molar-refractivity contribution is 0.204. The van der Waals surface area contributed by atoms with E-state index in [-0.39, 0.29) is 141 Å². The summed E-state index contributed by atoms with van der Waals surface area (Å²) in [6, 6.07) is 36.8. The zero-order chi connectivity index (χ0) is 103. The SMILES string of the molecule is CC(C)C1CCC(C)(c2cc3c(O)c(c2)Cc2cc(C4(C)CCC(C(C)C)CC4)cc(c2O)Cc2cc(C4(C)CCC(C(C)C)CC4)cc(c2O)Cc2cc(C4(C)CCC(C(C)C)CC4)cc(c2O)Cc2cc(C4(C)CCC(C(C)C)CC4)cc(c2O)Cc2cc(C4(C)CCC(C(C)C)CC4)cc(c2O)Cc2cc(C4(C)CCC(C(C)C)CC4)cc(c2O)Cc2cc(C4(C)CCC(C(C)C)CC4)cc(c2O)C3)CC1. The Morgan fingerprint density at radius 2 is 0.215 bits per heavy atom. The standard InChI is InChI=1S/C136H192O8/c1-81(2)89-25-41-129(17,42-26-89)113-65-97-57-99-67-114(130(18)43-27-90(28-44-130)82(3)4)69-101(122(99)138)59-103-71-116(132(20)47-31-92(32-48-132)84(7)8)73-105(124(103)140)61-107-75-118(134(22)51-35-94(36-52-134)86(11)12)77-109(126(107)142)63-111-79-120(136(24)55-39-96(40-56-136)88(15)16)80-112(128(111)144)64-110-78-119(135(23)53-37-95(38-54-135)87(13)14)76-108(127(110)143)62-106-74-117(133(21)49-33-93(34-50-133)85(9)10)72-104(125(106)141)60-102-70-115(131(19)45-29-91(30-46-131)83(5)6)68-100(123(102)139)58-98(66-113)121(97)137/h65-96,137-144H,25-64H2,1-24H3. The van der Waals surface area contributed by atoms with Crippen molar-refractivity contribution in [2.24, 2.45) is 94.7 Å². The van der Waals surface area contributed by atoms with Crippen LogP contribution in [0.3, 0.4) is 0 Å². The fraction of sp³-hybridized carbons (Fsp3) is 0.647. The average molecular weight is 1960 g/mol. The van der Waals surface area contributed by atoms with Gasteiger partial charge in [0.25, 0.3) is 0 Å². The highest BCUT2D eigenvalue weighted by Crippen LogP contribution is 2.58. The van der Waals surface area contributed by atoms with Gasteiger partial charge in [0, 0.05) is 51.4 Å². The number of phenols is 8. The van der Waals surface area contributed by atoms with Gasteiger partial charge in [0.05, 0.1) is 0 Å². The topological polar surface area (TPSA) is 162 Å². The highest BCUT2D eigenvalue weighted by molar-refractivity contribution is 5.63. The molecule has 8 aromatic carbocycles. The minimum Gasteiger partial charge on any atom is -0.507 e. The predicted molar refractivity (Wildman–Crippen MR) is 600 cm³/mol. The Morgan fingerprint density at radius 1 is 0.146 bits per heavy atom. The molecule has 9 aliphatic rings. The Hall–Kier alpha value is -7.84. The number of aromatic hydroxyl groups is 8. The quantitative estimate of drug-likeness (QED) is 0.0474. The first kappa shape index (κ1) is 107. The molecule has 8 heteroatoms. The maximum absolute atomic E-state index is 14.0. The van der Waals surface area contributed by atoms with Crippen molar-refractivity contribution in [1.29, 1.82) is 0 Å². The molecular weight excluding hydrogens is 1760 g/mol. The van der Waals surface area contributed by atoms with E-state index in [0.29, 0.717) is 94.7 Å². The average Bonchev–Trinajstić information content (AvgIpc) is 0.750. The van der Waals surface area contributed by atoms with Crippen molar-refractivity contribution in [1.82, 2.24) is 0 Å². The molecule has 16 bridgehead atoms. The van der Waals surface area contributed by atoms with Gasteiger partial charge >= 0.3 is 0 Å². The first-order valence-corrected chi connectivity index (χ1v) is 58.8. The van der Waals surface area contributed by atoms with Gasteiger partial charge in [0.15, 0.2) is 0 Å². The lowest BCUT2D eigenvalue weighted by atomic mass is 9.64. The van der Waals surface area contributed by atoms with Crippen molar-refractivity contribution in [2.45, 2.75) is 466 Å². The molecule has 9 aliphatic carbocycles. The minimum absolute atomic E-state index is 0.184. The summed E-state index contributed by atoms with van der Waals surface area (Å²) in [5, 5.41) is 112. The smallest absolute Gasteiger partial charge is 0.122 e. The van der Waals surface area contributed by atoms with Crippen LogP contribution >= 0.6 is 0 Å². The maximum Gasteiger partial charge on any atom is 0.122 e. The van der Waals surface area contributed by atoms with Gasteiger partial charge < -0.3 is 40.9 Å². The third-order valence-corrected chi connectivity index (χ3v) is 43.4. The van der Waals surface area contributed by atoms with Crippen molar-refractivity contribution in [3.63, 3.8) is 0 Å². The summed E-state index contributed by atoms with van der Waals surface area (Å²) in [5.74, 6) is 10.8. The van der Waals surface area contributed by atoms with Crippen LogP contribution in [0.25, 0.3) is 0 Å². The molecule has 0 aliphatic heterocycles. The molecule has 8 fully saturated rings. The maximum atomic E-state index is 14.0. The van der Waals surface area contributed by atoms with Gasteiger partial charge in [-0.2, -0.15) is 0 Å². The molecule has 0 spiro atoms. The molecule has 784 valence electrons. The summed E-state index contributed by atoms with van der Waals surface area (Å²) in [6.45, 7) is 57.7. The molecule has 0 aromatic heterocycles. The summed E-state index contributed by atoms with van der Waals surface area (Å²) in [7, 11) is 0. The number of hydrogen-bond donors (Lipinski definition) is 8. The summed E-state index contributed by atoms with van der Waals surface area (Å²) >= 11 is 0. The van der Waals surface area contributed by atoms with Gasteiger partial charge in [-0.05, 0) is 477 Å². The number of rotatable bonds is 16. The molecule has 17 rings (SSSR count). The highest BCUT2D eigenvalue weighted by Gasteiger charge is 2.46. The van der Waals surface area contributed by atoms with E-state index >= 15 is 0 Å². The van der Waals surface area contributed by atoms with Crippen LogP contribution < -0.4 is 0 Å². The van der Waals surface area contributed by atoms with Crippen LogP contribution in [0, 0.1) is 94.7 Å². The first-order valence-electron chi connectivity index (χ1n) is 58.8. The van der Waals surface area contributed by atoms with E-state index in [2.05, 4.69) is 263 Å². The first-order chi connectivity index (χ1) is 68.0. The minimum atomic E-state index is -0.235. The lowest BCUT2D eigenvalue weighted by Gasteiger charge is -2.40. The summed E-state index contributed by atoms with van der Waals surface area (Å²) in [5.41, 5.74) is 19.7. The fourth-order valence-electron chi connectivity index (χ4n) is 30.5. The normalized spacial score (nSPS) is 30.3. The molecule has 0 radical (unpaired) electrons. The molecule has 8 aromatic rings. The van der Waals surface area contributed by atoms with Gasteiger partial charge in [0.1, 0.15) is 46.0 Å². The monoisotopic (exact) mass is 1950 g/mol. The Kier molecular flexibility index (Phi) is 31.5. The van der Waals surface area contributed by atoms with Gasteiger partial charge in [-0.25, -0.2) is 0 Å². The second-order valence-electron chi connectivity index (χ2n) is 55.7. The Balaban J connectivity index is 0.923. The van der Waals surface area contributed by atoms with E-state index in [1.165, 1.54) is 44.5 Å². The third kappa shape index (κ3) is 22.1. The van der Waals surface area contributed by atoms with Crippen LogP contribution in [-0.2, 0) is 94.7 Å². The van der Waals surface area contributed by atoms with Crippen molar-refractivity contribution in [3.8, 4) is 46.0 Å². The van der Waals surface area contributed by atoms with E-state index in [1.807, 2.05) is 0 Å². The molecule has 144 heavy (non-hydrogen) atoms. The number of benzene rings is 8. The molecule has 8 N–H and O–H groups in total. The summed E-state index contributed by atoms with van der Waals surface area (Å²) < 4.78 is 0. The Morgan fingerprint density at radius 3 is 0.278 bits per heavy atom. The van der Waals surface area contributed by atoms with Crippen LogP contribution in [0.2, 0.25) is 0 Å². The predicted octanol–water partition coefficient (Wildman–Crippen LogP) is 35.2. The van der Waals surface area contributed by atoms with Gasteiger partial charge in [-0.3, -0.25) is 0 Å². The van der Waals surface area contributed by atoms with Crippen molar-refractivity contribution in [2.75, 3.05) is 0 Å². The van der Waals surface area contributed by atoms with E-state index < -0.39 is 0 Å². The molecule has 0 atom stereocenters. The molecule has 8 saturated carbocycles. The second-order valence-corrected chi connectivity index (χ2v) is 55.7. The van der Waals surface area contributed by atoms with Crippen LogP contribution in [0.5, 0.6) is 46.0 Å².